The third-order valence-electron chi connectivity index (χ3n) is 4.43. The first kappa shape index (κ1) is 23.3. The van der Waals surface area contributed by atoms with Crippen LogP contribution in [0.25, 0.3) is 0 Å². The summed E-state index contributed by atoms with van der Waals surface area (Å²) < 4.78 is 0. The molecule has 1 aromatic carbocycles. The number of unbranched alkanes of at least 4 members (excludes halogenated alkanes) is 4. The Morgan fingerprint density at radius 1 is 1.21 bits per heavy atom. The van der Waals surface area contributed by atoms with Crippen molar-refractivity contribution in [2.75, 3.05) is 6.54 Å². The lowest BCUT2D eigenvalue weighted by molar-refractivity contribution is -0.128. The number of para-hydroxylation sites is 1. The summed E-state index contributed by atoms with van der Waals surface area (Å²) in [6.07, 6.45) is 6.00. The summed E-state index contributed by atoms with van der Waals surface area (Å²) in [7, 11) is 0. The molecule has 7 nitrogen and oxygen atoms in total. The number of rotatable bonds is 13. The first-order valence-corrected chi connectivity index (χ1v) is 9.86. The summed E-state index contributed by atoms with van der Waals surface area (Å²) >= 11 is 0. The fourth-order valence-electron chi connectivity index (χ4n) is 2.79. The Morgan fingerprint density at radius 3 is 2.61 bits per heavy atom. The van der Waals surface area contributed by atoms with Crippen LogP contribution in [-0.2, 0) is 16.0 Å². The topological polar surface area (TPSA) is 115 Å². The highest BCUT2D eigenvalue weighted by Gasteiger charge is 2.22. The number of phenolic OH excluding ortho intramolecular Hbond substituents is 1. The number of carbonyl (C=O) groups is 2. The maximum atomic E-state index is 12.5. The molecule has 0 radical (unpaired) electrons. The van der Waals surface area contributed by atoms with E-state index >= 15 is 0 Å². The number of benzene rings is 1. The Labute approximate surface area is 167 Å². The van der Waals surface area contributed by atoms with Crippen molar-refractivity contribution in [3.63, 3.8) is 0 Å². The molecule has 1 atom stereocenters. The molecule has 0 saturated heterocycles. The molecule has 1 aromatic rings. The van der Waals surface area contributed by atoms with Gasteiger partial charge in [-0.05, 0) is 31.2 Å². The monoisotopic (exact) mass is 388 g/mol. The molecule has 2 amide bonds. The van der Waals surface area contributed by atoms with Gasteiger partial charge < -0.3 is 15.7 Å². The predicted octanol–water partition coefficient (Wildman–Crippen LogP) is 2.96. The van der Waals surface area contributed by atoms with Crippen LogP contribution in [0.4, 0.5) is 0 Å². The highest BCUT2D eigenvalue weighted by Crippen LogP contribution is 2.15. The zero-order chi connectivity index (χ0) is 20.8. The molecular formula is C21H32N4O3. The van der Waals surface area contributed by atoms with E-state index in [0.29, 0.717) is 19.4 Å². The Balaban J connectivity index is 2.51. The third kappa shape index (κ3) is 9.30. The van der Waals surface area contributed by atoms with Crippen LogP contribution in [0.15, 0.2) is 29.3 Å². The van der Waals surface area contributed by atoms with E-state index < -0.39 is 6.04 Å². The Hall–Kier alpha value is -2.70. The second-order valence-corrected chi connectivity index (χ2v) is 6.76. The van der Waals surface area contributed by atoms with Crippen LogP contribution in [0.1, 0.15) is 57.4 Å². The van der Waals surface area contributed by atoms with Crippen LogP contribution in [0.3, 0.4) is 0 Å². The Bertz CT molecular complexity index is 661. The first-order chi connectivity index (χ1) is 13.5. The summed E-state index contributed by atoms with van der Waals surface area (Å²) in [5.74, 6) is -0.441. The number of amides is 2. The van der Waals surface area contributed by atoms with Crippen LogP contribution in [-0.4, -0.2) is 42.1 Å². The standard InChI is InChI=1S/C21H32N4O3/c1-3-4-5-6-7-12-20(27)25-17(15-19(22)23-2)21(28)24-14-13-16-10-8-9-11-18(16)26/h8-11,17,22,26H,2-7,12-15H2,1H3,(H,24,28)(H,25,27)/t17-/m1/s1. The molecule has 0 aromatic heterocycles. The number of hydrogen-bond donors (Lipinski definition) is 4. The fourth-order valence-corrected chi connectivity index (χ4v) is 2.79. The fraction of sp³-hybridized carbons (Fsp3) is 0.524. The summed E-state index contributed by atoms with van der Waals surface area (Å²) in [6.45, 7) is 5.75. The minimum atomic E-state index is -0.856. The van der Waals surface area contributed by atoms with Crippen LogP contribution in [0.5, 0.6) is 5.75 Å². The van der Waals surface area contributed by atoms with Crippen molar-refractivity contribution in [1.82, 2.24) is 10.6 Å². The highest BCUT2D eigenvalue weighted by molar-refractivity contribution is 5.93. The van der Waals surface area contributed by atoms with Gasteiger partial charge in [-0.3, -0.25) is 15.0 Å². The molecule has 0 heterocycles. The number of amidine groups is 1. The lowest BCUT2D eigenvalue weighted by atomic mass is 10.1. The van der Waals surface area contributed by atoms with Gasteiger partial charge in [0.05, 0.1) is 0 Å². The van der Waals surface area contributed by atoms with E-state index in [4.69, 9.17) is 5.41 Å². The molecule has 0 saturated carbocycles. The second kappa shape index (κ2) is 13.5. The molecule has 0 aliphatic heterocycles. The number of carbonyl (C=O) groups excluding carboxylic acids is 2. The van der Waals surface area contributed by atoms with Crippen molar-refractivity contribution in [1.29, 1.82) is 5.41 Å². The van der Waals surface area contributed by atoms with Gasteiger partial charge >= 0.3 is 0 Å². The molecule has 28 heavy (non-hydrogen) atoms. The largest absolute Gasteiger partial charge is 0.508 e. The maximum absolute atomic E-state index is 12.5. The quantitative estimate of drug-likeness (QED) is 0.236. The number of aliphatic imine (C=N–C) groups is 1. The third-order valence-corrected chi connectivity index (χ3v) is 4.43. The van der Waals surface area contributed by atoms with E-state index in [-0.39, 0.29) is 29.8 Å². The van der Waals surface area contributed by atoms with Crippen molar-refractivity contribution in [2.24, 2.45) is 4.99 Å². The highest BCUT2D eigenvalue weighted by atomic mass is 16.3. The zero-order valence-corrected chi connectivity index (χ0v) is 16.7. The number of aromatic hydroxyl groups is 1. The van der Waals surface area contributed by atoms with E-state index in [1.54, 1.807) is 18.2 Å². The minimum Gasteiger partial charge on any atom is -0.508 e. The van der Waals surface area contributed by atoms with Gasteiger partial charge in [0.25, 0.3) is 0 Å². The number of hydrogen-bond acceptors (Lipinski definition) is 4. The van der Waals surface area contributed by atoms with Crippen molar-refractivity contribution in [3.8, 4) is 5.75 Å². The number of phenols is 1. The lowest BCUT2D eigenvalue weighted by Crippen LogP contribution is -2.48. The van der Waals surface area contributed by atoms with Crippen LogP contribution in [0, 0.1) is 5.41 Å². The van der Waals surface area contributed by atoms with Gasteiger partial charge in [-0.2, -0.15) is 0 Å². The van der Waals surface area contributed by atoms with Gasteiger partial charge in [-0.15, -0.1) is 0 Å². The van der Waals surface area contributed by atoms with Gasteiger partial charge in [-0.1, -0.05) is 50.8 Å². The zero-order valence-electron chi connectivity index (χ0n) is 16.7. The summed E-state index contributed by atoms with van der Waals surface area (Å²) in [5.41, 5.74) is 0.732. The van der Waals surface area contributed by atoms with Crippen LogP contribution in [0.2, 0.25) is 0 Å². The second-order valence-electron chi connectivity index (χ2n) is 6.76. The van der Waals surface area contributed by atoms with E-state index in [1.807, 2.05) is 6.07 Å². The van der Waals surface area contributed by atoms with E-state index in [0.717, 1.165) is 37.7 Å². The summed E-state index contributed by atoms with van der Waals surface area (Å²) in [5, 5.41) is 22.9. The minimum absolute atomic E-state index is 0.00645. The molecule has 0 spiro atoms. The van der Waals surface area contributed by atoms with E-state index in [9.17, 15) is 14.7 Å². The average Bonchev–Trinajstić information content (AvgIpc) is 2.68. The van der Waals surface area contributed by atoms with Crippen molar-refractivity contribution in [2.45, 2.75) is 64.3 Å². The number of nitrogens with zero attached hydrogens (tertiary/aromatic N) is 1. The normalized spacial score (nSPS) is 11.5. The average molecular weight is 389 g/mol. The predicted molar refractivity (Wildman–Crippen MR) is 112 cm³/mol. The molecule has 154 valence electrons. The van der Waals surface area contributed by atoms with Gasteiger partial charge in [0.2, 0.25) is 11.8 Å². The maximum Gasteiger partial charge on any atom is 0.243 e. The Kier molecular flexibility index (Phi) is 11.2. The van der Waals surface area contributed by atoms with Gasteiger partial charge in [0, 0.05) is 19.4 Å². The molecule has 7 heteroatoms. The molecule has 4 N–H and O–H groups in total. The van der Waals surface area contributed by atoms with Crippen LogP contribution < -0.4 is 10.6 Å². The summed E-state index contributed by atoms with van der Waals surface area (Å²) in [6, 6.07) is 6.08. The molecule has 0 bridgehead atoms. The van der Waals surface area contributed by atoms with E-state index in [1.165, 1.54) is 0 Å². The lowest BCUT2D eigenvalue weighted by Gasteiger charge is -2.18. The van der Waals surface area contributed by atoms with Gasteiger partial charge in [-0.25, -0.2) is 4.99 Å². The molecule has 0 aliphatic carbocycles. The summed E-state index contributed by atoms with van der Waals surface area (Å²) in [4.78, 5) is 28.2. The molecule has 0 aliphatic rings. The Morgan fingerprint density at radius 2 is 1.93 bits per heavy atom. The van der Waals surface area contributed by atoms with Crippen molar-refractivity contribution < 1.29 is 14.7 Å². The first-order valence-electron chi connectivity index (χ1n) is 9.86. The van der Waals surface area contributed by atoms with E-state index in [2.05, 4.69) is 29.3 Å². The number of nitrogens with one attached hydrogen (secondary N) is 3. The molecule has 0 fully saturated rings. The van der Waals surface area contributed by atoms with Crippen molar-refractivity contribution >= 4 is 24.4 Å². The van der Waals surface area contributed by atoms with Crippen molar-refractivity contribution in [3.05, 3.63) is 29.8 Å². The SMILES string of the molecule is C=NC(=N)C[C@@H](NC(=O)CCCCCCC)C(=O)NCCc1ccccc1O. The van der Waals surface area contributed by atoms with Gasteiger partial charge in [0.1, 0.15) is 17.6 Å². The molecular weight excluding hydrogens is 356 g/mol. The van der Waals surface area contributed by atoms with Gasteiger partial charge in [0.15, 0.2) is 0 Å². The van der Waals surface area contributed by atoms with Crippen LogP contribution >= 0.6 is 0 Å². The molecule has 1 rings (SSSR count). The smallest absolute Gasteiger partial charge is 0.243 e. The molecule has 0 unspecified atom stereocenters.